The minimum Gasteiger partial charge on any atom is -0.358 e. The summed E-state index contributed by atoms with van der Waals surface area (Å²) in [4.78, 5) is 15.8. The van der Waals surface area contributed by atoms with Gasteiger partial charge in [-0.05, 0) is 17.4 Å². The number of nitro groups is 1. The van der Waals surface area contributed by atoms with E-state index in [1.165, 1.54) is 15.7 Å². The molecule has 25 heavy (non-hydrogen) atoms. The summed E-state index contributed by atoms with van der Waals surface area (Å²) in [6.45, 7) is 2.04. The molecule has 0 amide bonds. The van der Waals surface area contributed by atoms with Crippen molar-refractivity contribution in [3.63, 3.8) is 0 Å². The normalized spacial score (nSPS) is 12.4. The van der Waals surface area contributed by atoms with E-state index in [0.717, 1.165) is 5.56 Å². The fourth-order valence-corrected chi connectivity index (χ4v) is 3.38. The first-order valence-corrected chi connectivity index (χ1v) is 8.47. The number of hydrogen-bond donors (Lipinski definition) is 1. The third-order valence-corrected chi connectivity index (χ3v) is 4.71. The molecule has 1 aromatic carbocycles. The largest absolute Gasteiger partial charge is 0.373 e. The van der Waals surface area contributed by atoms with Gasteiger partial charge in [-0.3, -0.25) is 4.68 Å². The molecule has 3 heterocycles. The summed E-state index contributed by atoms with van der Waals surface area (Å²) in [7, 11) is 0. The van der Waals surface area contributed by atoms with Gasteiger partial charge in [-0.1, -0.05) is 41.7 Å². The highest BCUT2D eigenvalue weighted by atomic mass is 32.1. The van der Waals surface area contributed by atoms with Crippen LogP contribution in [0.4, 0.5) is 17.3 Å². The third-order valence-electron chi connectivity index (χ3n) is 3.95. The van der Waals surface area contributed by atoms with Crippen molar-refractivity contribution in [2.75, 3.05) is 5.32 Å². The van der Waals surface area contributed by atoms with Crippen LogP contribution in [0, 0.1) is 10.1 Å². The molecule has 4 rings (SSSR count). The number of benzene rings is 1. The lowest BCUT2D eigenvalue weighted by molar-refractivity contribution is -0.389. The first kappa shape index (κ1) is 15.3. The monoisotopic (exact) mass is 354 g/mol. The van der Waals surface area contributed by atoms with E-state index >= 15 is 0 Å². The van der Waals surface area contributed by atoms with Gasteiger partial charge in [0.05, 0.1) is 17.9 Å². The van der Waals surface area contributed by atoms with E-state index in [2.05, 4.69) is 15.4 Å². The van der Waals surface area contributed by atoms with Gasteiger partial charge < -0.3 is 15.4 Å². The van der Waals surface area contributed by atoms with Crippen LogP contribution in [0.15, 0.2) is 54.3 Å². The second-order valence-corrected chi connectivity index (χ2v) is 6.39. The van der Waals surface area contributed by atoms with Crippen molar-refractivity contribution in [2.24, 2.45) is 0 Å². The van der Waals surface area contributed by atoms with E-state index < -0.39 is 4.92 Å². The first-order valence-electron chi connectivity index (χ1n) is 7.59. The summed E-state index contributed by atoms with van der Waals surface area (Å²) in [6, 6.07) is 10.1. The minimum absolute atomic E-state index is 0.0530. The molecule has 4 aromatic rings. The van der Waals surface area contributed by atoms with Crippen molar-refractivity contribution in [2.45, 2.75) is 13.0 Å². The van der Waals surface area contributed by atoms with Crippen molar-refractivity contribution in [3.8, 4) is 0 Å². The van der Waals surface area contributed by atoms with Crippen LogP contribution in [0.3, 0.4) is 0 Å². The molecule has 0 bridgehead atoms. The van der Waals surface area contributed by atoms with Crippen molar-refractivity contribution in [1.82, 2.24) is 19.2 Å². The summed E-state index contributed by atoms with van der Waals surface area (Å²) in [5, 5.41) is 20.5. The van der Waals surface area contributed by atoms with Crippen LogP contribution in [-0.4, -0.2) is 24.1 Å². The molecule has 126 valence electrons. The summed E-state index contributed by atoms with van der Waals surface area (Å²) >= 11 is 1.34. The number of nitrogens with one attached hydrogen (secondary N) is 1. The lowest BCUT2D eigenvalue weighted by Gasteiger charge is -2.12. The van der Waals surface area contributed by atoms with Crippen molar-refractivity contribution >= 4 is 33.6 Å². The molecule has 0 aliphatic rings. The number of anilines is 2. The number of rotatable bonds is 5. The molecule has 0 aliphatic carbocycles. The van der Waals surface area contributed by atoms with Crippen LogP contribution in [0.1, 0.15) is 18.5 Å². The second-order valence-electron chi connectivity index (χ2n) is 5.52. The number of fused-ring (bicyclic) bond motifs is 1. The Balaban J connectivity index is 1.63. The number of thiazole rings is 1. The SMILES string of the molecule is CC(c1ccccc1)n1cc(Nc2nc3sccn3c2[N+](=O)[O-])cn1. The molecular formula is C16H14N6O2S. The zero-order chi connectivity index (χ0) is 17.4. The van der Waals surface area contributed by atoms with Crippen LogP contribution < -0.4 is 5.32 Å². The topological polar surface area (TPSA) is 90.3 Å². The maximum Gasteiger partial charge on any atom is 0.373 e. The standard InChI is InChI=1S/C16H14N6O2S/c1-11(12-5-3-2-4-6-12)21-10-13(9-17-21)18-14-15(22(23)24)20-7-8-25-16(20)19-14/h2-11,18H,1H3. The van der Waals surface area contributed by atoms with E-state index in [9.17, 15) is 10.1 Å². The van der Waals surface area contributed by atoms with Gasteiger partial charge in [-0.15, -0.1) is 0 Å². The minimum atomic E-state index is -0.438. The van der Waals surface area contributed by atoms with E-state index in [1.54, 1.807) is 17.8 Å². The fourth-order valence-electron chi connectivity index (χ4n) is 2.67. The third kappa shape index (κ3) is 2.74. The zero-order valence-electron chi connectivity index (χ0n) is 13.2. The number of aromatic nitrogens is 4. The average Bonchev–Trinajstić information content (AvgIpc) is 3.30. The van der Waals surface area contributed by atoms with Gasteiger partial charge in [0.15, 0.2) is 0 Å². The quantitative estimate of drug-likeness (QED) is 0.434. The fraction of sp³-hybridized carbons (Fsp3) is 0.125. The predicted octanol–water partition coefficient (Wildman–Crippen LogP) is 3.85. The molecule has 0 saturated carbocycles. The zero-order valence-corrected chi connectivity index (χ0v) is 14.1. The molecule has 0 spiro atoms. The lowest BCUT2D eigenvalue weighted by atomic mass is 10.1. The highest BCUT2D eigenvalue weighted by Crippen LogP contribution is 2.30. The van der Waals surface area contributed by atoms with Gasteiger partial charge in [-0.2, -0.15) is 14.5 Å². The molecular weight excluding hydrogens is 340 g/mol. The molecule has 0 fully saturated rings. The van der Waals surface area contributed by atoms with Gasteiger partial charge in [0.2, 0.25) is 5.82 Å². The van der Waals surface area contributed by atoms with Gasteiger partial charge in [0.1, 0.15) is 6.20 Å². The van der Waals surface area contributed by atoms with Gasteiger partial charge in [-0.25, -0.2) is 0 Å². The van der Waals surface area contributed by atoms with Crippen LogP contribution >= 0.6 is 11.3 Å². The molecule has 3 aromatic heterocycles. The van der Waals surface area contributed by atoms with Crippen LogP contribution in [0.25, 0.3) is 4.96 Å². The van der Waals surface area contributed by atoms with Crippen LogP contribution in [0.5, 0.6) is 0 Å². The molecule has 0 radical (unpaired) electrons. The predicted molar refractivity (Wildman–Crippen MR) is 95.5 cm³/mol. The Labute approximate surface area is 146 Å². The Morgan fingerprint density at radius 1 is 1.32 bits per heavy atom. The molecule has 0 saturated heterocycles. The summed E-state index contributed by atoms with van der Waals surface area (Å²) < 4.78 is 3.27. The van der Waals surface area contributed by atoms with E-state index in [4.69, 9.17) is 0 Å². The summed E-state index contributed by atoms with van der Waals surface area (Å²) in [6.07, 6.45) is 5.09. The van der Waals surface area contributed by atoms with Crippen LogP contribution in [-0.2, 0) is 0 Å². The highest BCUT2D eigenvalue weighted by Gasteiger charge is 2.24. The number of hydrogen-bond acceptors (Lipinski definition) is 6. The highest BCUT2D eigenvalue weighted by molar-refractivity contribution is 7.15. The Kier molecular flexibility index (Phi) is 3.69. The molecule has 1 atom stereocenters. The van der Waals surface area contributed by atoms with Crippen molar-refractivity contribution in [3.05, 3.63) is 70.0 Å². The molecule has 1 unspecified atom stereocenters. The van der Waals surface area contributed by atoms with Gasteiger partial charge in [0.25, 0.3) is 4.96 Å². The smallest absolute Gasteiger partial charge is 0.358 e. The Hall–Kier alpha value is -3.20. The van der Waals surface area contributed by atoms with Crippen molar-refractivity contribution < 1.29 is 4.92 Å². The van der Waals surface area contributed by atoms with Crippen molar-refractivity contribution in [1.29, 1.82) is 0 Å². The Morgan fingerprint density at radius 2 is 2.12 bits per heavy atom. The van der Waals surface area contributed by atoms with Gasteiger partial charge >= 0.3 is 5.82 Å². The average molecular weight is 354 g/mol. The van der Waals surface area contributed by atoms with Crippen LogP contribution in [0.2, 0.25) is 0 Å². The molecule has 8 nitrogen and oxygen atoms in total. The summed E-state index contributed by atoms with van der Waals surface area (Å²) in [5.41, 5.74) is 1.78. The lowest BCUT2D eigenvalue weighted by Crippen LogP contribution is -2.06. The maximum atomic E-state index is 11.4. The molecule has 0 aliphatic heterocycles. The molecule has 1 N–H and O–H groups in total. The second kappa shape index (κ2) is 6.02. The number of nitrogens with zero attached hydrogens (tertiary/aromatic N) is 5. The Morgan fingerprint density at radius 3 is 2.88 bits per heavy atom. The van der Waals surface area contributed by atoms with E-state index in [-0.39, 0.29) is 17.7 Å². The number of imidazole rings is 1. The first-order chi connectivity index (χ1) is 12.1. The maximum absolute atomic E-state index is 11.4. The van der Waals surface area contributed by atoms with E-state index in [0.29, 0.717) is 10.6 Å². The molecule has 9 heteroatoms. The Bertz CT molecular complexity index is 1040. The van der Waals surface area contributed by atoms with E-state index in [1.807, 2.05) is 48.1 Å². The summed E-state index contributed by atoms with van der Waals surface area (Å²) in [5.74, 6) is 0.129. The van der Waals surface area contributed by atoms with Gasteiger partial charge in [0, 0.05) is 11.6 Å².